The van der Waals surface area contributed by atoms with Crippen molar-refractivity contribution < 1.29 is 9.90 Å². The Morgan fingerprint density at radius 1 is 1.18 bits per heavy atom. The first-order chi connectivity index (χ1) is 10.7. The number of fused-ring (bicyclic) bond motifs is 2. The van der Waals surface area contributed by atoms with E-state index in [0.29, 0.717) is 12.1 Å². The second-order valence-electron chi connectivity index (χ2n) is 5.49. The summed E-state index contributed by atoms with van der Waals surface area (Å²) >= 11 is 0. The highest BCUT2D eigenvalue weighted by Crippen LogP contribution is 2.34. The van der Waals surface area contributed by atoms with Crippen molar-refractivity contribution in [3.8, 4) is 6.07 Å². The van der Waals surface area contributed by atoms with Crippen LogP contribution in [0.4, 0.5) is 10.5 Å². The van der Waals surface area contributed by atoms with E-state index in [-0.39, 0.29) is 12.1 Å². The number of hydrogen-bond donors (Lipinski definition) is 1. The van der Waals surface area contributed by atoms with Gasteiger partial charge >= 0.3 is 6.03 Å². The number of anilines is 1. The van der Waals surface area contributed by atoms with E-state index in [1.807, 2.05) is 24.3 Å². The molecular weight excluding hydrogens is 278 g/mol. The van der Waals surface area contributed by atoms with Gasteiger partial charge in [0.25, 0.3) is 0 Å². The molecule has 2 atom stereocenters. The Labute approximate surface area is 127 Å². The molecular formula is C17H13N3O2. The number of nitrogens with zero attached hydrogens (tertiary/aromatic N) is 3. The number of carbonyl (C=O) groups excluding carboxylic acids is 1. The fourth-order valence-electron chi connectivity index (χ4n) is 3.21. The van der Waals surface area contributed by atoms with E-state index in [9.17, 15) is 15.2 Å². The van der Waals surface area contributed by atoms with E-state index < -0.39 is 6.10 Å². The third-order valence-electron chi connectivity index (χ3n) is 4.33. The monoisotopic (exact) mass is 291 g/mol. The summed E-state index contributed by atoms with van der Waals surface area (Å²) in [5.74, 6) is 0. The van der Waals surface area contributed by atoms with Crippen molar-refractivity contribution in [2.45, 2.75) is 12.1 Å². The largest absolute Gasteiger partial charge is 0.387 e. The van der Waals surface area contributed by atoms with Crippen molar-refractivity contribution in [2.24, 2.45) is 0 Å². The van der Waals surface area contributed by atoms with Crippen molar-refractivity contribution in [3.05, 3.63) is 54.2 Å². The number of hydrogen-bond acceptors (Lipinski definition) is 3. The highest BCUT2D eigenvalue weighted by atomic mass is 16.3. The van der Waals surface area contributed by atoms with Crippen LogP contribution in [0, 0.1) is 11.3 Å². The Balaban J connectivity index is 1.85. The fourth-order valence-corrected chi connectivity index (χ4v) is 3.21. The van der Waals surface area contributed by atoms with Crippen molar-refractivity contribution in [3.63, 3.8) is 0 Å². The minimum Gasteiger partial charge on any atom is -0.387 e. The quantitative estimate of drug-likeness (QED) is 0.876. The molecule has 2 aliphatic rings. The molecule has 1 saturated heterocycles. The van der Waals surface area contributed by atoms with E-state index in [1.54, 1.807) is 34.2 Å². The molecule has 22 heavy (non-hydrogen) atoms. The molecule has 2 aromatic carbocycles. The minimum absolute atomic E-state index is 0.146. The van der Waals surface area contributed by atoms with Crippen LogP contribution in [0.2, 0.25) is 0 Å². The molecule has 0 radical (unpaired) electrons. The predicted octanol–water partition coefficient (Wildman–Crippen LogP) is 2.21. The first-order valence-electron chi connectivity index (χ1n) is 7.09. The van der Waals surface area contributed by atoms with Crippen LogP contribution in [0.3, 0.4) is 0 Å². The van der Waals surface area contributed by atoms with Gasteiger partial charge in [-0.15, -0.1) is 0 Å². The van der Waals surface area contributed by atoms with Crippen LogP contribution in [0.25, 0.3) is 10.8 Å². The highest BCUT2D eigenvalue weighted by Gasteiger charge is 2.43. The number of nitriles is 1. The highest BCUT2D eigenvalue weighted by molar-refractivity contribution is 6.06. The van der Waals surface area contributed by atoms with Gasteiger partial charge in [-0.1, -0.05) is 24.3 Å². The SMILES string of the molecule is N#Cc1ccc(N2C[C@H]3[C@@H](O)C=CN3C2=O)c2ccccc12. The summed E-state index contributed by atoms with van der Waals surface area (Å²) in [4.78, 5) is 15.8. The number of rotatable bonds is 1. The number of benzene rings is 2. The number of aliphatic hydroxyl groups excluding tert-OH is 1. The Bertz CT molecular complexity index is 853. The Kier molecular flexibility index (Phi) is 2.68. The van der Waals surface area contributed by atoms with Crippen LogP contribution in [0.15, 0.2) is 48.7 Å². The summed E-state index contributed by atoms with van der Waals surface area (Å²) in [6.07, 6.45) is 2.65. The molecule has 2 aromatic rings. The summed E-state index contributed by atoms with van der Waals surface area (Å²) in [7, 11) is 0. The average Bonchev–Trinajstić information content (AvgIpc) is 3.07. The van der Waals surface area contributed by atoms with Gasteiger partial charge in [0.2, 0.25) is 0 Å². The standard InChI is InChI=1S/C17H13N3O2/c18-9-11-5-6-14(13-4-2-1-3-12(11)13)20-10-15-16(21)7-8-19(15)17(20)22/h1-8,15-16,21H,10H2/t15-,16-/m0/s1. The van der Waals surface area contributed by atoms with Crippen LogP contribution in [0.5, 0.6) is 0 Å². The van der Waals surface area contributed by atoms with E-state index in [2.05, 4.69) is 6.07 Å². The summed E-state index contributed by atoms with van der Waals surface area (Å²) in [6.45, 7) is 0.433. The van der Waals surface area contributed by atoms with Crippen molar-refractivity contribution in [1.29, 1.82) is 5.26 Å². The molecule has 2 amide bonds. The zero-order chi connectivity index (χ0) is 15.3. The molecule has 0 aliphatic carbocycles. The summed E-state index contributed by atoms with van der Waals surface area (Å²) in [5, 5.41) is 20.9. The van der Waals surface area contributed by atoms with Crippen molar-refractivity contribution in [2.75, 3.05) is 11.4 Å². The zero-order valence-corrected chi connectivity index (χ0v) is 11.7. The van der Waals surface area contributed by atoms with E-state index >= 15 is 0 Å². The number of urea groups is 1. The lowest BCUT2D eigenvalue weighted by atomic mass is 10.0. The first kappa shape index (κ1) is 12.9. The van der Waals surface area contributed by atoms with Gasteiger partial charge in [0, 0.05) is 17.0 Å². The maximum absolute atomic E-state index is 12.6. The maximum atomic E-state index is 12.6. The van der Waals surface area contributed by atoms with Gasteiger partial charge in [-0.05, 0) is 18.2 Å². The zero-order valence-electron chi connectivity index (χ0n) is 11.7. The Morgan fingerprint density at radius 2 is 1.95 bits per heavy atom. The maximum Gasteiger partial charge on any atom is 0.328 e. The van der Waals surface area contributed by atoms with Gasteiger partial charge in [-0.2, -0.15) is 5.26 Å². The fraction of sp³-hybridized carbons (Fsp3) is 0.176. The lowest BCUT2D eigenvalue weighted by molar-refractivity contribution is 0.162. The van der Waals surface area contributed by atoms with Crippen molar-refractivity contribution >= 4 is 22.5 Å². The molecule has 0 aromatic heterocycles. The third kappa shape index (κ3) is 1.65. The van der Waals surface area contributed by atoms with E-state index in [1.165, 1.54) is 0 Å². The first-order valence-corrected chi connectivity index (χ1v) is 7.09. The predicted molar refractivity (Wildman–Crippen MR) is 82.2 cm³/mol. The molecule has 0 saturated carbocycles. The minimum atomic E-state index is -0.626. The molecule has 2 aliphatic heterocycles. The van der Waals surface area contributed by atoms with Crippen LogP contribution >= 0.6 is 0 Å². The molecule has 1 fully saturated rings. The number of carbonyl (C=O) groups is 1. The van der Waals surface area contributed by atoms with Gasteiger partial charge < -0.3 is 5.11 Å². The molecule has 4 rings (SSSR count). The van der Waals surface area contributed by atoms with Crippen LogP contribution in [-0.2, 0) is 0 Å². The Morgan fingerprint density at radius 3 is 2.68 bits per heavy atom. The average molecular weight is 291 g/mol. The second kappa shape index (κ2) is 4.58. The molecule has 2 heterocycles. The van der Waals surface area contributed by atoms with Gasteiger partial charge in [-0.3, -0.25) is 9.80 Å². The van der Waals surface area contributed by atoms with Crippen LogP contribution in [0.1, 0.15) is 5.56 Å². The topological polar surface area (TPSA) is 67.6 Å². The van der Waals surface area contributed by atoms with Crippen LogP contribution in [-0.4, -0.2) is 34.7 Å². The van der Waals surface area contributed by atoms with Crippen molar-refractivity contribution in [1.82, 2.24) is 4.90 Å². The normalized spacial score (nSPS) is 23.2. The molecule has 1 N–H and O–H groups in total. The second-order valence-corrected chi connectivity index (χ2v) is 5.49. The third-order valence-corrected chi connectivity index (χ3v) is 4.33. The van der Waals surface area contributed by atoms with Gasteiger partial charge in [0.15, 0.2) is 0 Å². The van der Waals surface area contributed by atoms with E-state index in [4.69, 9.17) is 0 Å². The smallest absolute Gasteiger partial charge is 0.328 e. The van der Waals surface area contributed by atoms with Crippen LogP contribution < -0.4 is 4.90 Å². The molecule has 5 heteroatoms. The Hall–Kier alpha value is -2.84. The molecule has 108 valence electrons. The molecule has 0 unspecified atom stereocenters. The molecule has 0 spiro atoms. The number of amides is 2. The molecule has 5 nitrogen and oxygen atoms in total. The summed E-state index contributed by atoms with van der Waals surface area (Å²) in [5.41, 5.74) is 1.36. The van der Waals surface area contributed by atoms with Gasteiger partial charge in [0.1, 0.15) is 0 Å². The van der Waals surface area contributed by atoms with Gasteiger partial charge in [0.05, 0.1) is 36.0 Å². The molecule has 0 bridgehead atoms. The summed E-state index contributed by atoms with van der Waals surface area (Å²) in [6, 6.07) is 12.9. The number of aliphatic hydroxyl groups is 1. The van der Waals surface area contributed by atoms with Gasteiger partial charge in [-0.25, -0.2) is 4.79 Å². The lowest BCUT2D eigenvalue weighted by Gasteiger charge is -2.19. The summed E-state index contributed by atoms with van der Waals surface area (Å²) < 4.78 is 0. The van der Waals surface area contributed by atoms with E-state index in [0.717, 1.165) is 16.5 Å². The lowest BCUT2D eigenvalue weighted by Crippen LogP contribution is -2.32.